The van der Waals surface area contributed by atoms with E-state index in [4.69, 9.17) is 4.74 Å². The second-order valence-electron chi connectivity index (χ2n) is 6.58. The average molecular weight is 413 g/mol. The highest BCUT2D eigenvalue weighted by Gasteiger charge is 2.39. The minimum atomic E-state index is -5.01. The molecule has 0 saturated heterocycles. The Kier molecular flexibility index (Phi) is 5.91. The standard InChI is InChI=1S/C23H18F3NO3/c1-14-11-12-16(15-7-3-4-9-18(15)21(28)30-2)19(13-14)17-8-5-6-10-20(17)27-22(29)23(24,25)26/h3-13H,1-2H3,(H,27,29). The van der Waals surface area contributed by atoms with Gasteiger partial charge in [0.25, 0.3) is 0 Å². The second-order valence-corrected chi connectivity index (χ2v) is 6.58. The van der Waals surface area contributed by atoms with E-state index in [0.29, 0.717) is 27.8 Å². The molecule has 0 aliphatic carbocycles. The molecule has 0 fully saturated rings. The number of alkyl halides is 3. The highest BCUT2D eigenvalue weighted by molar-refractivity contribution is 6.03. The van der Waals surface area contributed by atoms with Crippen LogP contribution in [0.15, 0.2) is 66.7 Å². The van der Waals surface area contributed by atoms with Gasteiger partial charge in [0, 0.05) is 11.3 Å². The number of carbonyl (C=O) groups excluding carboxylic acids is 2. The van der Waals surface area contributed by atoms with Gasteiger partial charge in [-0.15, -0.1) is 0 Å². The maximum Gasteiger partial charge on any atom is 0.471 e. The molecule has 0 unspecified atom stereocenters. The molecule has 4 nitrogen and oxygen atoms in total. The average Bonchev–Trinajstić information content (AvgIpc) is 2.73. The van der Waals surface area contributed by atoms with E-state index in [2.05, 4.69) is 0 Å². The van der Waals surface area contributed by atoms with Crippen molar-refractivity contribution in [3.05, 3.63) is 77.9 Å². The molecule has 3 aromatic carbocycles. The van der Waals surface area contributed by atoms with Crippen molar-refractivity contribution in [2.45, 2.75) is 13.1 Å². The summed E-state index contributed by atoms with van der Waals surface area (Å²) in [5.41, 5.74) is 3.36. The van der Waals surface area contributed by atoms with Gasteiger partial charge in [-0.2, -0.15) is 13.2 Å². The summed E-state index contributed by atoms with van der Waals surface area (Å²) in [6.45, 7) is 1.84. The third-order valence-electron chi connectivity index (χ3n) is 4.52. The molecule has 0 bridgehead atoms. The molecule has 0 saturated carbocycles. The van der Waals surface area contributed by atoms with E-state index in [9.17, 15) is 22.8 Å². The number of hydrogen-bond donors (Lipinski definition) is 1. The predicted octanol–water partition coefficient (Wildman–Crippen LogP) is 5.62. The monoisotopic (exact) mass is 413 g/mol. The van der Waals surface area contributed by atoms with Crippen LogP contribution in [0.3, 0.4) is 0 Å². The van der Waals surface area contributed by atoms with Crippen LogP contribution < -0.4 is 5.32 Å². The first-order chi connectivity index (χ1) is 14.2. The number of anilines is 1. The number of halogens is 3. The van der Waals surface area contributed by atoms with Crippen molar-refractivity contribution in [1.82, 2.24) is 0 Å². The van der Waals surface area contributed by atoms with Crippen LogP contribution in [0.5, 0.6) is 0 Å². The number of benzene rings is 3. The van der Waals surface area contributed by atoms with E-state index in [0.717, 1.165) is 5.56 Å². The van der Waals surface area contributed by atoms with Crippen LogP contribution in [0.25, 0.3) is 22.3 Å². The molecule has 3 rings (SSSR count). The van der Waals surface area contributed by atoms with Crippen molar-refractivity contribution in [2.24, 2.45) is 0 Å². The molecule has 0 aromatic heterocycles. The molecule has 0 spiro atoms. The van der Waals surface area contributed by atoms with Gasteiger partial charge in [0.2, 0.25) is 0 Å². The quantitative estimate of drug-likeness (QED) is 0.565. The summed E-state index contributed by atoms with van der Waals surface area (Å²) in [5, 5.41) is 1.94. The highest BCUT2D eigenvalue weighted by atomic mass is 19.4. The summed E-state index contributed by atoms with van der Waals surface area (Å²) in [4.78, 5) is 23.8. The molecule has 0 aliphatic rings. The minimum Gasteiger partial charge on any atom is -0.465 e. The first-order valence-electron chi connectivity index (χ1n) is 8.98. The molecule has 0 radical (unpaired) electrons. The van der Waals surface area contributed by atoms with Crippen molar-refractivity contribution in [1.29, 1.82) is 0 Å². The van der Waals surface area contributed by atoms with E-state index in [-0.39, 0.29) is 5.69 Å². The summed E-state index contributed by atoms with van der Waals surface area (Å²) < 4.78 is 43.2. The van der Waals surface area contributed by atoms with Crippen LogP contribution in [-0.4, -0.2) is 25.2 Å². The summed E-state index contributed by atoms with van der Waals surface area (Å²) in [7, 11) is 1.27. The SMILES string of the molecule is COC(=O)c1ccccc1-c1ccc(C)cc1-c1ccccc1NC(=O)C(F)(F)F. The first-order valence-corrected chi connectivity index (χ1v) is 8.98. The van der Waals surface area contributed by atoms with Gasteiger partial charge in [-0.3, -0.25) is 4.79 Å². The predicted molar refractivity (Wildman–Crippen MR) is 108 cm³/mol. The summed E-state index contributed by atoms with van der Waals surface area (Å²) >= 11 is 0. The van der Waals surface area contributed by atoms with E-state index in [1.807, 2.05) is 18.3 Å². The van der Waals surface area contributed by atoms with Crippen molar-refractivity contribution >= 4 is 17.6 Å². The number of hydrogen-bond acceptors (Lipinski definition) is 3. The first kappa shape index (κ1) is 21.1. The number of nitrogens with one attached hydrogen (secondary N) is 1. The van der Waals surface area contributed by atoms with Crippen LogP contribution in [0, 0.1) is 6.92 Å². The molecule has 1 N–H and O–H groups in total. The van der Waals surface area contributed by atoms with Crippen LogP contribution in [0.4, 0.5) is 18.9 Å². The van der Waals surface area contributed by atoms with Crippen molar-refractivity contribution in [3.63, 3.8) is 0 Å². The Labute approximate surface area is 171 Å². The second kappa shape index (κ2) is 8.41. The Balaban J connectivity index is 2.21. The maximum absolute atomic E-state index is 12.8. The zero-order valence-corrected chi connectivity index (χ0v) is 16.2. The van der Waals surface area contributed by atoms with Crippen molar-refractivity contribution in [3.8, 4) is 22.3 Å². The molecular formula is C23H18F3NO3. The minimum absolute atomic E-state index is 0.0159. The molecule has 3 aromatic rings. The molecule has 154 valence electrons. The Hall–Kier alpha value is -3.61. The fourth-order valence-corrected chi connectivity index (χ4v) is 3.14. The maximum atomic E-state index is 12.8. The Morgan fingerprint density at radius 3 is 2.13 bits per heavy atom. The van der Waals surface area contributed by atoms with Gasteiger partial charge < -0.3 is 10.1 Å². The Morgan fingerprint density at radius 2 is 1.47 bits per heavy atom. The van der Waals surface area contributed by atoms with Crippen molar-refractivity contribution < 1.29 is 27.5 Å². The molecule has 0 atom stereocenters. The lowest BCUT2D eigenvalue weighted by Crippen LogP contribution is -2.30. The normalized spacial score (nSPS) is 11.1. The number of amides is 1. The number of methoxy groups -OCH3 is 1. The topological polar surface area (TPSA) is 55.4 Å². The number of para-hydroxylation sites is 1. The van der Waals surface area contributed by atoms with Crippen LogP contribution in [-0.2, 0) is 9.53 Å². The molecule has 7 heteroatoms. The molecule has 30 heavy (non-hydrogen) atoms. The number of ether oxygens (including phenoxy) is 1. The molecule has 1 amide bonds. The summed E-state index contributed by atoms with van der Waals surface area (Å²) in [6.07, 6.45) is -5.01. The van der Waals surface area contributed by atoms with Crippen LogP contribution >= 0.6 is 0 Å². The van der Waals surface area contributed by atoms with E-state index in [1.54, 1.807) is 48.5 Å². The number of rotatable bonds is 4. The van der Waals surface area contributed by atoms with Gasteiger partial charge in [-0.1, -0.05) is 60.2 Å². The van der Waals surface area contributed by atoms with Gasteiger partial charge in [0.1, 0.15) is 0 Å². The fraction of sp³-hybridized carbons (Fsp3) is 0.130. The van der Waals surface area contributed by atoms with E-state index < -0.39 is 18.1 Å². The number of aryl methyl sites for hydroxylation is 1. The molecule has 0 heterocycles. The smallest absolute Gasteiger partial charge is 0.465 e. The van der Waals surface area contributed by atoms with Crippen LogP contribution in [0.2, 0.25) is 0 Å². The molecular weight excluding hydrogens is 395 g/mol. The van der Waals surface area contributed by atoms with Gasteiger partial charge >= 0.3 is 18.1 Å². The summed E-state index contributed by atoms with van der Waals surface area (Å²) in [6, 6.07) is 18.4. The van der Waals surface area contributed by atoms with E-state index in [1.165, 1.54) is 19.2 Å². The zero-order chi connectivity index (χ0) is 21.9. The lowest BCUT2D eigenvalue weighted by Gasteiger charge is -2.17. The van der Waals surface area contributed by atoms with Gasteiger partial charge in [-0.05, 0) is 35.7 Å². The molecule has 0 aliphatic heterocycles. The third-order valence-corrected chi connectivity index (χ3v) is 4.52. The van der Waals surface area contributed by atoms with Gasteiger partial charge in [-0.25, -0.2) is 4.79 Å². The van der Waals surface area contributed by atoms with Gasteiger partial charge in [0.05, 0.1) is 12.7 Å². The lowest BCUT2D eigenvalue weighted by molar-refractivity contribution is -0.167. The third kappa shape index (κ3) is 4.35. The zero-order valence-electron chi connectivity index (χ0n) is 16.2. The number of esters is 1. The van der Waals surface area contributed by atoms with Gasteiger partial charge in [0.15, 0.2) is 0 Å². The van der Waals surface area contributed by atoms with Crippen LogP contribution in [0.1, 0.15) is 15.9 Å². The lowest BCUT2D eigenvalue weighted by atomic mass is 9.90. The summed E-state index contributed by atoms with van der Waals surface area (Å²) in [5.74, 6) is -2.59. The fourth-order valence-electron chi connectivity index (χ4n) is 3.14. The van der Waals surface area contributed by atoms with E-state index >= 15 is 0 Å². The Bertz CT molecular complexity index is 1110. The Morgan fingerprint density at radius 1 is 0.833 bits per heavy atom. The number of carbonyl (C=O) groups is 2. The highest BCUT2D eigenvalue weighted by Crippen LogP contribution is 2.38. The van der Waals surface area contributed by atoms with Crippen molar-refractivity contribution in [2.75, 3.05) is 12.4 Å². The largest absolute Gasteiger partial charge is 0.471 e.